The molecule has 0 N–H and O–H groups in total. The van der Waals surface area contributed by atoms with Gasteiger partial charge in [-0.1, -0.05) is 60.7 Å². The minimum absolute atomic E-state index is 0.0946. The number of rotatable bonds is 8. The van der Waals surface area contributed by atoms with E-state index in [1.165, 1.54) is 26.2 Å². The number of hydrogen-bond donors (Lipinski definition) is 0. The normalized spacial score (nSPS) is 15.0. The summed E-state index contributed by atoms with van der Waals surface area (Å²) in [5.74, 6) is -1.14. The van der Waals surface area contributed by atoms with Gasteiger partial charge in [-0.2, -0.15) is 10.4 Å². The Labute approximate surface area is 250 Å². The van der Waals surface area contributed by atoms with E-state index in [1.54, 1.807) is 36.0 Å². The maximum atomic E-state index is 13.8. The van der Waals surface area contributed by atoms with Crippen LogP contribution in [-0.2, 0) is 26.0 Å². The fourth-order valence-corrected chi connectivity index (χ4v) is 5.77. The highest BCUT2D eigenvalue weighted by Gasteiger charge is 2.35. The average molecular weight is 592 g/mol. The molecule has 0 aliphatic carbocycles. The molecule has 0 spiro atoms. The number of amides is 2. The zero-order valence-corrected chi connectivity index (χ0v) is 24.7. The predicted molar refractivity (Wildman–Crippen MR) is 163 cm³/mol. The van der Waals surface area contributed by atoms with Crippen LogP contribution < -0.4 is 0 Å². The highest BCUT2D eigenvalue weighted by molar-refractivity contribution is 7.89. The Hall–Kier alpha value is -5.11. The van der Waals surface area contributed by atoms with Crippen molar-refractivity contribution in [1.82, 2.24) is 19.0 Å². The lowest BCUT2D eigenvalue weighted by Gasteiger charge is -2.27. The first-order valence-electron chi connectivity index (χ1n) is 13.5. The SMILES string of the molecule is CC1=C(C#N)C(=O)N(CCc2ccccc2)C(=O)/C1=C/c1cn(-c2ccccc2)nc1-c1cccc(S(=O)(=O)N(C)C)c1. The van der Waals surface area contributed by atoms with Crippen molar-refractivity contribution < 1.29 is 18.0 Å². The molecular formula is C33H29N5O4S. The second-order valence-electron chi connectivity index (χ2n) is 10.2. The number of carbonyl (C=O) groups is 2. The first-order chi connectivity index (χ1) is 20.6. The van der Waals surface area contributed by atoms with E-state index in [0.717, 1.165) is 20.5 Å². The quantitative estimate of drug-likeness (QED) is 0.218. The Morgan fingerprint density at radius 3 is 2.26 bits per heavy atom. The fourth-order valence-electron chi connectivity index (χ4n) is 4.82. The van der Waals surface area contributed by atoms with Crippen molar-refractivity contribution in [1.29, 1.82) is 5.26 Å². The largest absolute Gasteiger partial charge is 0.273 e. The molecule has 0 radical (unpaired) electrons. The summed E-state index contributed by atoms with van der Waals surface area (Å²) in [6, 6.07) is 27.3. The topological polar surface area (TPSA) is 116 Å². The summed E-state index contributed by atoms with van der Waals surface area (Å²) < 4.78 is 28.6. The number of hydrogen-bond acceptors (Lipinski definition) is 6. The van der Waals surface area contributed by atoms with Crippen molar-refractivity contribution >= 4 is 27.9 Å². The molecule has 2 heterocycles. The van der Waals surface area contributed by atoms with Crippen LogP contribution in [0.3, 0.4) is 0 Å². The van der Waals surface area contributed by atoms with E-state index in [0.29, 0.717) is 23.2 Å². The molecule has 43 heavy (non-hydrogen) atoms. The first-order valence-corrected chi connectivity index (χ1v) is 15.0. The van der Waals surface area contributed by atoms with Crippen molar-refractivity contribution in [2.45, 2.75) is 18.2 Å². The van der Waals surface area contributed by atoms with Crippen LogP contribution >= 0.6 is 0 Å². The molecule has 0 unspecified atom stereocenters. The van der Waals surface area contributed by atoms with Crippen LogP contribution in [-0.4, -0.2) is 59.9 Å². The number of imide groups is 1. The van der Waals surface area contributed by atoms with Crippen LogP contribution in [0, 0.1) is 11.3 Å². The Kier molecular flexibility index (Phi) is 8.21. The zero-order chi connectivity index (χ0) is 30.7. The van der Waals surface area contributed by atoms with Gasteiger partial charge in [-0.25, -0.2) is 17.4 Å². The smallest absolute Gasteiger partial charge is 0.271 e. The van der Waals surface area contributed by atoms with Gasteiger partial charge in [-0.15, -0.1) is 0 Å². The molecule has 10 heteroatoms. The molecule has 0 atom stereocenters. The number of nitrogens with zero attached hydrogens (tertiary/aromatic N) is 5. The van der Waals surface area contributed by atoms with Gasteiger partial charge in [0.25, 0.3) is 11.8 Å². The third-order valence-corrected chi connectivity index (χ3v) is 9.05. The lowest BCUT2D eigenvalue weighted by atomic mass is 9.93. The summed E-state index contributed by atoms with van der Waals surface area (Å²) in [5, 5.41) is 14.6. The van der Waals surface area contributed by atoms with Gasteiger partial charge in [-0.05, 0) is 54.8 Å². The number of benzene rings is 3. The van der Waals surface area contributed by atoms with E-state index in [9.17, 15) is 23.3 Å². The molecule has 5 rings (SSSR count). The molecule has 0 saturated carbocycles. The summed E-state index contributed by atoms with van der Waals surface area (Å²) in [7, 11) is -0.799. The summed E-state index contributed by atoms with van der Waals surface area (Å²) in [5.41, 5.74) is 3.54. The molecule has 1 aromatic heterocycles. The van der Waals surface area contributed by atoms with Crippen molar-refractivity contribution in [2.75, 3.05) is 20.6 Å². The van der Waals surface area contributed by atoms with E-state index >= 15 is 0 Å². The first kappa shape index (κ1) is 29.4. The number of para-hydroxylation sites is 1. The third-order valence-electron chi connectivity index (χ3n) is 7.24. The van der Waals surface area contributed by atoms with Crippen LogP contribution in [0.25, 0.3) is 23.0 Å². The zero-order valence-electron chi connectivity index (χ0n) is 23.9. The van der Waals surface area contributed by atoms with Crippen molar-refractivity contribution in [3.63, 3.8) is 0 Å². The summed E-state index contributed by atoms with van der Waals surface area (Å²) in [6.45, 7) is 1.69. The lowest BCUT2D eigenvalue weighted by molar-refractivity contribution is -0.140. The summed E-state index contributed by atoms with van der Waals surface area (Å²) in [4.78, 5) is 28.2. The molecule has 2 amide bonds. The van der Waals surface area contributed by atoms with Gasteiger partial charge in [-0.3, -0.25) is 14.5 Å². The number of carbonyl (C=O) groups excluding carboxylic acids is 2. The van der Waals surface area contributed by atoms with E-state index in [4.69, 9.17) is 5.10 Å². The van der Waals surface area contributed by atoms with E-state index in [1.807, 2.05) is 66.7 Å². The van der Waals surface area contributed by atoms with Gasteiger partial charge in [0.15, 0.2) is 0 Å². The molecular weight excluding hydrogens is 562 g/mol. The van der Waals surface area contributed by atoms with Crippen molar-refractivity contribution in [3.05, 3.63) is 119 Å². The van der Waals surface area contributed by atoms with Crippen LogP contribution in [0.4, 0.5) is 0 Å². The molecule has 4 aromatic rings. The van der Waals surface area contributed by atoms with Gasteiger partial charge < -0.3 is 0 Å². The minimum Gasteiger partial charge on any atom is -0.273 e. The third kappa shape index (κ3) is 5.81. The fraction of sp³-hybridized carbons (Fsp3) is 0.152. The van der Waals surface area contributed by atoms with Crippen molar-refractivity contribution in [3.8, 4) is 23.0 Å². The maximum Gasteiger partial charge on any atom is 0.271 e. The van der Waals surface area contributed by atoms with E-state index < -0.39 is 21.8 Å². The Bertz CT molecular complexity index is 1920. The average Bonchev–Trinajstić information content (AvgIpc) is 3.44. The molecule has 1 aliphatic rings. The van der Waals surface area contributed by atoms with Crippen LogP contribution in [0.1, 0.15) is 18.1 Å². The van der Waals surface area contributed by atoms with E-state index in [-0.39, 0.29) is 28.2 Å². The Morgan fingerprint density at radius 2 is 1.60 bits per heavy atom. The maximum absolute atomic E-state index is 13.8. The standard InChI is InChI=1S/C33H29N5O4S/c1-23-29(32(39)37(33(40)30(23)21-34)18-17-24-11-6-4-7-12-24)20-26-22-38(27-14-8-5-9-15-27)35-31(26)25-13-10-16-28(19-25)43(41,42)36(2)3/h4-16,19-20,22H,17-18H2,1-3H3/b29-20+. The minimum atomic E-state index is -3.72. The van der Waals surface area contributed by atoms with Crippen LogP contribution in [0.2, 0.25) is 0 Å². The number of sulfonamides is 1. The van der Waals surface area contributed by atoms with E-state index in [2.05, 4.69) is 0 Å². The molecule has 0 saturated heterocycles. The van der Waals surface area contributed by atoms with Gasteiger partial charge in [0.05, 0.1) is 10.6 Å². The Balaban J connectivity index is 1.64. The van der Waals surface area contributed by atoms with Gasteiger partial charge >= 0.3 is 0 Å². The molecule has 0 fully saturated rings. The molecule has 0 bridgehead atoms. The second kappa shape index (κ2) is 12.0. The highest BCUT2D eigenvalue weighted by atomic mass is 32.2. The highest BCUT2D eigenvalue weighted by Crippen LogP contribution is 2.32. The number of nitriles is 1. The van der Waals surface area contributed by atoms with Crippen LogP contribution in [0.15, 0.2) is 113 Å². The van der Waals surface area contributed by atoms with Gasteiger partial charge in [0.2, 0.25) is 10.0 Å². The van der Waals surface area contributed by atoms with Crippen molar-refractivity contribution in [2.24, 2.45) is 0 Å². The Morgan fingerprint density at radius 1 is 0.930 bits per heavy atom. The van der Waals surface area contributed by atoms with Crippen LogP contribution in [0.5, 0.6) is 0 Å². The molecule has 3 aromatic carbocycles. The van der Waals surface area contributed by atoms with Gasteiger partial charge in [0, 0.05) is 43.5 Å². The number of aromatic nitrogens is 2. The molecule has 9 nitrogen and oxygen atoms in total. The predicted octanol–water partition coefficient (Wildman–Crippen LogP) is 4.62. The monoisotopic (exact) mass is 591 g/mol. The van der Waals surface area contributed by atoms with Gasteiger partial charge in [0.1, 0.15) is 17.3 Å². The summed E-state index contributed by atoms with van der Waals surface area (Å²) in [6.07, 6.45) is 3.79. The second-order valence-corrected chi connectivity index (χ2v) is 12.3. The summed E-state index contributed by atoms with van der Waals surface area (Å²) >= 11 is 0. The lowest BCUT2D eigenvalue weighted by Crippen LogP contribution is -2.43. The molecule has 1 aliphatic heterocycles. The molecule has 216 valence electrons.